The third-order valence-electron chi connectivity index (χ3n) is 3.93. The molecule has 4 heteroatoms. The summed E-state index contributed by atoms with van der Waals surface area (Å²) in [7, 11) is 0. The van der Waals surface area contributed by atoms with E-state index >= 15 is 0 Å². The van der Waals surface area contributed by atoms with Crippen LogP contribution in [0.5, 0.6) is 0 Å². The summed E-state index contributed by atoms with van der Waals surface area (Å²) in [6, 6.07) is 0. The van der Waals surface area contributed by atoms with Crippen molar-refractivity contribution in [1.29, 1.82) is 0 Å². The first kappa shape index (κ1) is 16.6. The molecule has 0 radical (unpaired) electrons. The highest BCUT2D eigenvalue weighted by Gasteiger charge is 2.37. The van der Waals surface area contributed by atoms with Gasteiger partial charge in [-0.25, -0.2) is 0 Å². The van der Waals surface area contributed by atoms with Crippen molar-refractivity contribution in [3.63, 3.8) is 0 Å². The largest absolute Gasteiger partial charge is 0.481 e. The number of aliphatic hydroxyl groups is 1. The standard InChI is InChI=1S/C16H24O4/c1-11-6-7-12(13(17)10-11)16(4,20)9-5-8-15(2,3)14(18)19/h5,8,10,12,20H,6-7,9H2,1-4H3,(H,18,19)/b8-5+/t12-,16+/m1/s1. The number of hydrogen-bond acceptors (Lipinski definition) is 3. The molecule has 0 aromatic heterocycles. The van der Waals surface area contributed by atoms with E-state index in [4.69, 9.17) is 5.11 Å². The maximum absolute atomic E-state index is 12.0. The summed E-state index contributed by atoms with van der Waals surface area (Å²) in [5.74, 6) is -1.37. The fourth-order valence-corrected chi connectivity index (χ4v) is 2.35. The maximum Gasteiger partial charge on any atom is 0.312 e. The number of rotatable bonds is 5. The van der Waals surface area contributed by atoms with Crippen LogP contribution in [0.1, 0.15) is 47.0 Å². The zero-order valence-corrected chi connectivity index (χ0v) is 12.6. The monoisotopic (exact) mass is 280 g/mol. The van der Waals surface area contributed by atoms with E-state index in [9.17, 15) is 14.7 Å². The van der Waals surface area contributed by atoms with E-state index < -0.39 is 22.9 Å². The Morgan fingerprint density at radius 3 is 2.55 bits per heavy atom. The lowest BCUT2D eigenvalue weighted by Crippen LogP contribution is -2.40. The zero-order chi connectivity index (χ0) is 15.6. The summed E-state index contributed by atoms with van der Waals surface area (Å²) in [4.78, 5) is 23.0. The number of carbonyl (C=O) groups excluding carboxylic acids is 1. The third kappa shape index (κ3) is 4.04. The lowest BCUT2D eigenvalue weighted by molar-refractivity contribution is -0.144. The van der Waals surface area contributed by atoms with Gasteiger partial charge in [0.1, 0.15) is 0 Å². The van der Waals surface area contributed by atoms with Crippen molar-refractivity contribution in [3.05, 3.63) is 23.8 Å². The second kappa shape index (κ2) is 5.92. The van der Waals surface area contributed by atoms with Gasteiger partial charge in [0.05, 0.1) is 16.9 Å². The SMILES string of the molecule is CC1=CC(=O)[C@H]([C@@](C)(O)C/C=C/C(C)(C)C(=O)O)CC1. The molecule has 4 nitrogen and oxygen atoms in total. The Bertz CT molecular complexity index is 455. The van der Waals surface area contributed by atoms with Crippen LogP contribution in [0.2, 0.25) is 0 Å². The van der Waals surface area contributed by atoms with Gasteiger partial charge in [0.2, 0.25) is 0 Å². The first-order valence-corrected chi connectivity index (χ1v) is 6.91. The molecule has 0 aromatic carbocycles. The third-order valence-corrected chi connectivity index (χ3v) is 3.93. The van der Waals surface area contributed by atoms with Crippen molar-refractivity contribution in [2.45, 2.75) is 52.6 Å². The molecule has 0 aromatic rings. The molecule has 2 N–H and O–H groups in total. The van der Waals surface area contributed by atoms with Gasteiger partial charge in [0, 0.05) is 0 Å². The van der Waals surface area contributed by atoms with Crippen LogP contribution in [0.3, 0.4) is 0 Å². The minimum Gasteiger partial charge on any atom is -0.481 e. The minimum absolute atomic E-state index is 0.0374. The zero-order valence-electron chi connectivity index (χ0n) is 12.6. The van der Waals surface area contributed by atoms with Crippen LogP contribution >= 0.6 is 0 Å². The molecular weight excluding hydrogens is 256 g/mol. The predicted octanol–water partition coefficient (Wildman–Crippen LogP) is 2.72. The first-order valence-electron chi connectivity index (χ1n) is 6.91. The van der Waals surface area contributed by atoms with Crippen LogP contribution in [0.15, 0.2) is 23.8 Å². The van der Waals surface area contributed by atoms with E-state index in [0.29, 0.717) is 6.42 Å². The molecule has 112 valence electrons. The predicted molar refractivity (Wildman–Crippen MR) is 77.3 cm³/mol. The van der Waals surface area contributed by atoms with Gasteiger partial charge in [-0.2, -0.15) is 0 Å². The van der Waals surface area contributed by atoms with Crippen molar-refractivity contribution in [2.24, 2.45) is 11.3 Å². The van der Waals surface area contributed by atoms with Crippen LogP contribution in [0.4, 0.5) is 0 Å². The highest BCUT2D eigenvalue weighted by molar-refractivity contribution is 5.94. The number of hydrogen-bond donors (Lipinski definition) is 2. The molecule has 2 atom stereocenters. The van der Waals surface area contributed by atoms with Crippen molar-refractivity contribution >= 4 is 11.8 Å². The Morgan fingerprint density at radius 2 is 2.05 bits per heavy atom. The number of ketones is 1. The molecule has 0 saturated heterocycles. The Labute approximate surface area is 120 Å². The molecule has 0 heterocycles. The topological polar surface area (TPSA) is 74.6 Å². The summed E-state index contributed by atoms with van der Waals surface area (Å²) in [6.07, 6.45) is 6.56. The molecule has 1 aliphatic rings. The van der Waals surface area contributed by atoms with E-state index in [0.717, 1.165) is 12.0 Å². The molecule has 0 saturated carbocycles. The van der Waals surface area contributed by atoms with Gasteiger partial charge < -0.3 is 10.2 Å². The Kier molecular flexibility index (Phi) is 4.92. The normalized spacial score (nSPS) is 23.6. The van der Waals surface area contributed by atoms with Crippen molar-refractivity contribution in [2.75, 3.05) is 0 Å². The summed E-state index contributed by atoms with van der Waals surface area (Å²) >= 11 is 0. The average Bonchev–Trinajstić information content (AvgIpc) is 2.27. The van der Waals surface area contributed by atoms with Crippen LogP contribution in [-0.4, -0.2) is 27.6 Å². The van der Waals surface area contributed by atoms with Gasteiger partial charge in [0.25, 0.3) is 0 Å². The highest BCUT2D eigenvalue weighted by atomic mass is 16.4. The maximum atomic E-state index is 12.0. The van der Waals surface area contributed by atoms with Crippen LogP contribution in [0, 0.1) is 11.3 Å². The minimum atomic E-state index is -1.14. The fraction of sp³-hybridized carbons (Fsp3) is 0.625. The van der Waals surface area contributed by atoms with E-state index in [1.807, 2.05) is 6.92 Å². The second-order valence-corrected chi connectivity index (χ2v) is 6.47. The van der Waals surface area contributed by atoms with Gasteiger partial charge >= 0.3 is 5.97 Å². The molecule has 0 spiro atoms. The highest BCUT2D eigenvalue weighted by Crippen LogP contribution is 2.32. The number of carboxylic acid groups (broad SMARTS) is 1. The van der Waals surface area contributed by atoms with Crippen LogP contribution in [0.25, 0.3) is 0 Å². The van der Waals surface area contributed by atoms with Gasteiger partial charge in [0.15, 0.2) is 5.78 Å². The van der Waals surface area contributed by atoms with Gasteiger partial charge in [-0.1, -0.05) is 17.7 Å². The lowest BCUT2D eigenvalue weighted by Gasteiger charge is -2.33. The van der Waals surface area contributed by atoms with Gasteiger partial charge in [-0.3, -0.25) is 9.59 Å². The Hall–Kier alpha value is -1.42. The van der Waals surface area contributed by atoms with Crippen molar-refractivity contribution < 1.29 is 19.8 Å². The molecule has 0 aliphatic heterocycles. The quantitative estimate of drug-likeness (QED) is 0.759. The van der Waals surface area contributed by atoms with E-state index in [1.165, 1.54) is 0 Å². The second-order valence-electron chi connectivity index (χ2n) is 6.47. The number of carboxylic acids is 1. The number of carbonyl (C=O) groups is 2. The molecule has 0 bridgehead atoms. The summed E-state index contributed by atoms with van der Waals surface area (Å²) < 4.78 is 0. The Balaban J connectivity index is 2.74. The smallest absolute Gasteiger partial charge is 0.312 e. The first-order chi connectivity index (χ1) is 9.06. The average molecular weight is 280 g/mol. The van der Waals surface area contributed by atoms with E-state index in [2.05, 4.69) is 0 Å². The summed E-state index contributed by atoms with van der Waals surface area (Å²) in [6.45, 7) is 6.75. The van der Waals surface area contributed by atoms with E-state index in [-0.39, 0.29) is 12.2 Å². The number of aliphatic carboxylic acids is 1. The van der Waals surface area contributed by atoms with Crippen LogP contribution < -0.4 is 0 Å². The molecular formula is C16H24O4. The Morgan fingerprint density at radius 1 is 1.45 bits per heavy atom. The van der Waals surface area contributed by atoms with Gasteiger partial charge in [-0.05, 0) is 53.0 Å². The molecule has 0 fully saturated rings. The molecule has 20 heavy (non-hydrogen) atoms. The summed E-state index contributed by atoms with van der Waals surface area (Å²) in [5.41, 5.74) is -1.06. The molecule has 1 aliphatic carbocycles. The summed E-state index contributed by atoms with van der Waals surface area (Å²) in [5, 5.41) is 19.5. The number of allylic oxidation sites excluding steroid dienone is 2. The van der Waals surface area contributed by atoms with Crippen molar-refractivity contribution in [1.82, 2.24) is 0 Å². The fourth-order valence-electron chi connectivity index (χ4n) is 2.35. The molecule has 0 amide bonds. The molecule has 1 rings (SSSR count). The molecule has 0 unspecified atom stereocenters. The van der Waals surface area contributed by atoms with E-state index in [1.54, 1.807) is 39.0 Å². The van der Waals surface area contributed by atoms with Crippen LogP contribution in [-0.2, 0) is 9.59 Å². The van der Waals surface area contributed by atoms with Crippen molar-refractivity contribution in [3.8, 4) is 0 Å². The lowest BCUT2D eigenvalue weighted by atomic mass is 9.76. The van der Waals surface area contributed by atoms with Gasteiger partial charge in [-0.15, -0.1) is 0 Å².